The van der Waals surface area contributed by atoms with Crippen molar-refractivity contribution in [2.75, 3.05) is 0 Å². The standard InChI is InChI=1S/C15H22N2O4/c1-4-10(5-2)21-12-8-9(15(19)20)7-11(16)14(12)17-13(18)6-3/h3,8,10-12,14H,4-5,7,16H2,1-2H3,(H,17,18)(H,19,20). The Morgan fingerprint density at radius 1 is 1.57 bits per heavy atom. The third-order valence-corrected chi connectivity index (χ3v) is 3.60. The van der Waals surface area contributed by atoms with Crippen molar-refractivity contribution < 1.29 is 19.4 Å². The maximum absolute atomic E-state index is 11.4. The van der Waals surface area contributed by atoms with Crippen molar-refractivity contribution in [3.05, 3.63) is 11.6 Å². The lowest BCUT2D eigenvalue weighted by Crippen LogP contribution is -2.57. The molecule has 0 radical (unpaired) electrons. The molecule has 0 aromatic rings. The van der Waals surface area contributed by atoms with Crippen LogP contribution in [0.15, 0.2) is 11.6 Å². The van der Waals surface area contributed by atoms with Gasteiger partial charge in [0.15, 0.2) is 0 Å². The summed E-state index contributed by atoms with van der Waals surface area (Å²) in [6.45, 7) is 3.96. The summed E-state index contributed by atoms with van der Waals surface area (Å²) in [5.74, 6) is 0.365. The van der Waals surface area contributed by atoms with Crippen LogP contribution in [0.25, 0.3) is 0 Å². The fraction of sp³-hybridized carbons (Fsp3) is 0.600. The molecule has 1 aliphatic rings. The summed E-state index contributed by atoms with van der Waals surface area (Å²) in [7, 11) is 0. The molecule has 0 bridgehead atoms. The number of aliphatic carboxylic acids is 1. The zero-order chi connectivity index (χ0) is 16.0. The molecule has 6 nitrogen and oxygen atoms in total. The highest BCUT2D eigenvalue weighted by Gasteiger charge is 2.35. The van der Waals surface area contributed by atoms with Crippen LogP contribution in [-0.4, -0.2) is 41.3 Å². The number of nitrogens with one attached hydrogen (secondary N) is 1. The molecular weight excluding hydrogens is 272 g/mol. The fourth-order valence-electron chi connectivity index (χ4n) is 2.36. The largest absolute Gasteiger partial charge is 0.478 e. The highest BCUT2D eigenvalue weighted by atomic mass is 16.5. The molecule has 116 valence electrons. The van der Waals surface area contributed by atoms with Gasteiger partial charge in [-0.05, 0) is 31.3 Å². The molecule has 6 heteroatoms. The van der Waals surface area contributed by atoms with E-state index in [-0.39, 0.29) is 18.1 Å². The van der Waals surface area contributed by atoms with Crippen LogP contribution >= 0.6 is 0 Å². The van der Waals surface area contributed by atoms with Gasteiger partial charge in [-0.15, -0.1) is 6.42 Å². The van der Waals surface area contributed by atoms with E-state index in [1.165, 1.54) is 6.08 Å². The second-order valence-corrected chi connectivity index (χ2v) is 5.05. The van der Waals surface area contributed by atoms with Crippen molar-refractivity contribution in [2.45, 2.75) is 57.4 Å². The van der Waals surface area contributed by atoms with Gasteiger partial charge in [0.2, 0.25) is 0 Å². The van der Waals surface area contributed by atoms with E-state index in [0.29, 0.717) is 0 Å². The Bertz CT molecular complexity index is 463. The van der Waals surface area contributed by atoms with Gasteiger partial charge >= 0.3 is 5.97 Å². The summed E-state index contributed by atoms with van der Waals surface area (Å²) in [5.41, 5.74) is 6.19. The number of carbonyl (C=O) groups is 2. The molecule has 0 aromatic heterocycles. The lowest BCUT2D eigenvalue weighted by molar-refractivity contribution is -0.133. The summed E-state index contributed by atoms with van der Waals surface area (Å²) in [4.78, 5) is 22.6. The van der Waals surface area contributed by atoms with E-state index in [0.717, 1.165) is 12.8 Å². The van der Waals surface area contributed by atoms with Crippen molar-refractivity contribution in [1.82, 2.24) is 5.32 Å². The first-order valence-electron chi connectivity index (χ1n) is 7.05. The van der Waals surface area contributed by atoms with Gasteiger partial charge < -0.3 is 20.9 Å². The second-order valence-electron chi connectivity index (χ2n) is 5.05. The molecule has 1 amide bonds. The first-order chi connectivity index (χ1) is 9.92. The molecule has 4 N–H and O–H groups in total. The SMILES string of the molecule is C#CC(=O)NC1C(N)CC(C(=O)O)=CC1OC(CC)CC. The number of carboxylic acid groups (broad SMARTS) is 1. The number of ether oxygens (including phenoxy) is 1. The van der Waals surface area contributed by atoms with Gasteiger partial charge in [-0.2, -0.15) is 0 Å². The minimum Gasteiger partial charge on any atom is -0.478 e. The van der Waals surface area contributed by atoms with Crippen LogP contribution in [0, 0.1) is 12.3 Å². The minimum absolute atomic E-state index is 0.0307. The molecule has 3 atom stereocenters. The average molecular weight is 294 g/mol. The van der Waals surface area contributed by atoms with Crippen molar-refractivity contribution >= 4 is 11.9 Å². The van der Waals surface area contributed by atoms with Crippen LogP contribution in [0.3, 0.4) is 0 Å². The molecule has 0 saturated carbocycles. The van der Waals surface area contributed by atoms with Gasteiger partial charge in [0, 0.05) is 11.6 Å². The maximum Gasteiger partial charge on any atom is 0.331 e. The molecule has 0 spiro atoms. The number of amides is 1. The molecule has 1 aliphatic carbocycles. The molecule has 0 aliphatic heterocycles. The van der Waals surface area contributed by atoms with Crippen molar-refractivity contribution in [3.63, 3.8) is 0 Å². The van der Waals surface area contributed by atoms with E-state index in [9.17, 15) is 9.59 Å². The normalized spacial score (nSPS) is 25.1. The topological polar surface area (TPSA) is 102 Å². The summed E-state index contributed by atoms with van der Waals surface area (Å²) < 4.78 is 5.90. The zero-order valence-corrected chi connectivity index (χ0v) is 12.3. The van der Waals surface area contributed by atoms with Gasteiger partial charge in [-0.25, -0.2) is 4.79 Å². The third kappa shape index (κ3) is 4.59. The molecule has 0 aromatic carbocycles. The highest BCUT2D eigenvalue weighted by molar-refractivity contribution is 5.93. The number of rotatable bonds is 6. The molecular formula is C15H22N2O4. The van der Waals surface area contributed by atoms with Crippen molar-refractivity contribution in [2.24, 2.45) is 5.73 Å². The number of nitrogens with two attached hydrogens (primary N) is 1. The van der Waals surface area contributed by atoms with Crippen LogP contribution in [0.2, 0.25) is 0 Å². The minimum atomic E-state index is -1.02. The predicted octanol–water partition coefficient (Wildman–Crippen LogP) is 0.420. The van der Waals surface area contributed by atoms with Crippen LogP contribution in [-0.2, 0) is 14.3 Å². The van der Waals surface area contributed by atoms with E-state index in [2.05, 4.69) is 5.32 Å². The van der Waals surface area contributed by atoms with Crippen molar-refractivity contribution in [1.29, 1.82) is 0 Å². The fourth-order valence-corrected chi connectivity index (χ4v) is 2.36. The van der Waals surface area contributed by atoms with E-state index >= 15 is 0 Å². The number of carboxylic acids is 1. The lowest BCUT2D eigenvalue weighted by Gasteiger charge is -2.36. The number of carbonyl (C=O) groups excluding carboxylic acids is 1. The predicted molar refractivity (Wildman–Crippen MR) is 78.3 cm³/mol. The van der Waals surface area contributed by atoms with Gasteiger partial charge in [0.25, 0.3) is 5.91 Å². The van der Waals surface area contributed by atoms with Gasteiger partial charge in [0.05, 0.1) is 18.2 Å². The monoisotopic (exact) mass is 294 g/mol. The Labute approximate surface area is 124 Å². The summed E-state index contributed by atoms with van der Waals surface area (Å²) >= 11 is 0. The molecule has 0 fully saturated rings. The summed E-state index contributed by atoms with van der Waals surface area (Å²) in [5, 5.41) is 11.8. The van der Waals surface area contributed by atoms with Crippen LogP contribution in [0.4, 0.5) is 0 Å². The Morgan fingerprint density at radius 3 is 2.67 bits per heavy atom. The lowest BCUT2D eigenvalue weighted by atomic mass is 9.88. The molecule has 0 heterocycles. The average Bonchev–Trinajstić information content (AvgIpc) is 2.46. The third-order valence-electron chi connectivity index (χ3n) is 3.60. The van der Waals surface area contributed by atoms with E-state index in [1.807, 2.05) is 19.8 Å². The Kier molecular flexibility index (Phi) is 6.40. The van der Waals surface area contributed by atoms with Gasteiger partial charge in [0.1, 0.15) is 0 Å². The van der Waals surface area contributed by atoms with Crippen LogP contribution in [0.5, 0.6) is 0 Å². The molecule has 0 saturated heterocycles. The first kappa shape index (κ1) is 17.2. The summed E-state index contributed by atoms with van der Waals surface area (Å²) in [6, 6.07) is -1.09. The Hall–Kier alpha value is -1.84. The first-order valence-corrected chi connectivity index (χ1v) is 7.05. The zero-order valence-electron chi connectivity index (χ0n) is 12.3. The number of hydrogen-bond acceptors (Lipinski definition) is 4. The van der Waals surface area contributed by atoms with E-state index < -0.39 is 30.1 Å². The smallest absolute Gasteiger partial charge is 0.331 e. The number of hydrogen-bond donors (Lipinski definition) is 3. The Balaban J connectivity index is 2.99. The molecule has 1 rings (SSSR count). The summed E-state index contributed by atoms with van der Waals surface area (Å²) in [6.07, 6.45) is 7.68. The number of terminal acetylenes is 1. The quantitative estimate of drug-likeness (QED) is 0.616. The van der Waals surface area contributed by atoms with Gasteiger partial charge in [-0.1, -0.05) is 13.8 Å². The Morgan fingerprint density at radius 2 is 2.19 bits per heavy atom. The molecule has 3 unspecified atom stereocenters. The van der Waals surface area contributed by atoms with Crippen molar-refractivity contribution in [3.8, 4) is 12.3 Å². The molecule has 21 heavy (non-hydrogen) atoms. The van der Waals surface area contributed by atoms with Gasteiger partial charge in [-0.3, -0.25) is 4.79 Å². The maximum atomic E-state index is 11.4. The van der Waals surface area contributed by atoms with E-state index in [1.54, 1.807) is 0 Å². The van der Waals surface area contributed by atoms with Crippen LogP contribution < -0.4 is 11.1 Å². The highest BCUT2D eigenvalue weighted by Crippen LogP contribution is 2.23. The van der Waals surface area contributed by atoms with E-state index in [4.69, 9.17) is 22.0 Å². The second kappa shape index (κ2) is 7.81. The van der Waals surface area contributed by atoms with Crippen LogP contribution in [0.1, 0.15) is 33.1 Å².